The van der Waals surface area contributed by atoms with Gasteiger partial charge in [-0.3, -0.25) is 4.79 Å². The molecule has 0 aliphatic rings. The number of para-hydroxylation sites is 1. The van der Waals surface area contributed by atoms with Crippen molar-refractivity contribution < 1.29 is 13.2 Å². The van der Waals surface area contributed by atoms with E-state index in [1.807, 2.05) is 13.8 Å². The number of hydrogen-bond acceptors (Lipinski definition) is 4. The average Bonchev–Trinajstić information content (AvgIpc) is 2.27. The van der Waals surface area contributed by atoms with Crippen molar-refractivity contribution in [3.05, 3.63) is 24.3 Å². The molecule has 0 spiro atoms. The molecule has 0 fully saturated rings. The van der Waals surface area contributed by atoms with E-state index in [2.05, 4.69) is 0 Å². The fourth-order valence-corrected chi connectivity index (χ4v) is 3.37. The van der Waals surface area contributed by atoms with Crippen LogP contribution in [0.4, 0.5) is 5.69 Å². The number of primary amides is 1. The van der Waals surface area contributed by atoms with E-state index in [1.165, 1.54) is 12.1 Å². The van der Waals surface area contributed by atoms with Crippen LogP contribution in [0.25, 0.3) is 0 Å². The van der Waals surface area contributed by atoms with Crippen molar-refractivity contribution in [2.75, 3.05) is 18.8 Å². The lowest BCUT2D eigenvalue weighted by molar-refractivity contribution is -0.118. The molecule has 6 nitrogen and oxygen atoms in total. The molecule has 19 heavy (non-hydrogen) atoms. The monoisotopic (exact) mass is 285 g/mol. The van der Waals surface area contributed by atoms with Crippen molar-refractivity contribution in [1.29, 1.82) is 0 Å². The summed E-state index contributed by atoms with van der Waals surface area (Å²) in [4.78, 5) is 11.0. The second kappa shape index (κ2) is 6.03. The van der Waals surface area contributed by atoms with Gasteiger partial charge in [0.15, 0.2) is 0 Å². The van der Waals surface area contributed by atoms with Crippen LogP contribution in [0.1, 0.15) is 13.8 Å². The Hall–Kier alpha value is -1.60. The molecule has 0 heterocycles. The summed E-state index contributed by atoms with van der Waals surface area (Å²) in [7, 11) is -3.81. The van der Waals surface area contributed by atoms with Gasteiger partial charge in [0.05, 0.1) is 12.2 Å². The molecule has 4 N–H and O–H groups in total. The van der Waals surface area contributed by atoms with Crippen LogP contribution in [0.2, 0.25) is 0 Å². The predicted molar refractivity (Wildman–Crippen MR) is 73.6 cm³/mol. The van der Waals surface area contributed by atoms with Crippen molar-refractivity contribution in [2.45, 2.75) is 18.7 Å². The third-order valence-corrected chi connectivity index (χ3v) is 4.32. The second-order valence-electron chi connectivity index (χ2n) is 4.70. The van der Waals surface area contributed by atoms with Crippen molar-refractivity contribution >= 4 is 21.6 Å². The number of sulfonamides is 1. The molecule has 0 atom stereocenters. The first kappa shape index (κ1) is 15.5. The van der Waals surface area contributed by atoms with Crippen LogP contribution in [0.5, 0.6) is 0 Å². The van der Waals surface area contributed by atoms with E-state index in [9.17, 15) is 13.2 Å². The summed E-state index contributed by atoms with van der Waals surface area (Å²) in [5.74, 6) is -0.627. The largest absolute Gasteiger partial charge is 0.398 e. The Morgan fingerprint density at radius 1 is 1.32 bits per heavy atom. The molecule has 1 amide bonds. The van der Waals surface area contributed by atoms with Gasteiger partial charge in [0.1, 0.15) is 4.90 Å². The molecule has 0 aliphatic heterocycles. The lowest BCUT2D eigenvalue weighted by atomic mass is 10.2. The Labute approximate surface area is 113 Å². The smallest absolute Gasteiger partial charge is 0.245 e. The number of benzene rings is 1. The van der Waals surface area contributed by atoms with E-state index in [0.717, 1.165) is 4.31 Å². The number of nitrogens with two attached hydrogens (primary N) is 2. The zero-order valence-electron chi connectivity index (χ0n) is 11.0. The Balaban J connectivity index is 3.19. The number of nitrogens with zero attached hydrogens (tertiary/aromatic N) is 1. The summed E-state index contributed by atoms with van der Waals surface area (Å²) in [5.41, 5.74) is 10.9. The summed E-state index contributed by atoms with van der Waals surface area (Å²) in [5, 5.41) is 0. The minimum absolute atomic E-state index is 0.00287. The second-order valence-corrected chi connectivity index (χ2v) is 6.60. The molecule has 7 heteroatoms. The quantitative estimate of drug-likeness (QED) is 0.738. The average molecular weight is 285 g/mol. The molecule has 0 aliphatic carbocycles. The van der Waals surface area contributed by atoms with E-state index in [-0.39, 0.29) is 29.6 Å². The van der Waals surface area contributed by atoms with E-state index in [1.54, 1.807) is 12.1 Å². The van der Waals surface area contributed by atoms with Crippen LogP contribution in [-0.2, 0) is 14.8 Å². The first-order valence-corrected chi connectivity index (χ1v) is 7.32. The minimum Gasteiger partial charge on any atom is -0.398 e. The third-order valence-electron chi connectivity index (χ3n) is 2.44. The summed E-state index contributed by atoms with van der Waals surface area (Å²) < 4.78 is 26.0. The number of carbonyl (C=O) groups excluding carboxylic acids is 1. The van der Waals surface area contributed by atoms with E-state index < -0.39 is 15.9 Å². The highest BCUT2D eigenvalue weighted by Crippen LogP contribution is 2.22. The van der Waals surface area contributed by atoms with Crippen LogP contribution in [-0.4, -0.2) is 31.7 Å². The van der Waals surface area contributed by atoms with Gasteiger partial charge in [0.2, 0.25) is 15.9 Å². The highest BCUT2D eigenvalue weighted by molar-refractivity contribution is 7.89. The van der Waals surface area contributed by atoms with Gasteiger partial charge in [-0.2, -0.15) is 4.31 Å². The van der Waals surface area contributed by atoms with Crippen molar-refractivity contribution in [3.63, 3.8) is 0 Å². The van der Waals surface area contributed by atoms with E-state index in [0.29, 0.717) is 0 Å². The van der Waals surface area contributed by atoms with Gasteiger partial charge in [-0.15, -0.1) is 0 Å². The first-order chi connectivity index (χ1) is 8.75. The van der Waals surface area contributed by atoms with Crippen molar-refractivity contribution in [1.82, 2.24) is 4.31 Å². The molecule has 1 rings (SSSR count). The lowest BCUT2D eigenvalue weighted by Gasteiger charge is -2.23. The van der Waals surface area contributed by atoms with Gasteiger partial charge in [-0.1, -0.05) is 26.0 Å². The zero-order valence-corrected chi connectivity index (χ0v) is 11.9. The number of nitrogen functional groups attached to an aromatic ring is 1. The normalized spacial score (nSPS) is 12.0. The standard InChI is InChI=1S/C12H19N3O3S/c1-9(2)7-15(8-12(14)16)19(17,18)11-6-4-3-5-10(11)13/h3-6,9H,7-8,13H2,1-2H3,(H2,14,16). The summed E-state index contributed by atoms with van der Waals surface area (Å²) in [6.45, 7) is 3.57. The van der Waals surface area contributed by atoms with Gasteiger partial charge in [-0.05, 0) is 18.1 Å². The number of rotatable bonds is 6. The Morgan fingerprint density at radius 3 is 2.37 bits per heavy atom. The Kier molecular flexibility index (Phi) is 4.90. The SMILES string of the molecule is CC(C)CN(CC(N)=O)S(=O)(=O)c1ccccc1N. The maximum absolute atomic E-state index is 12.5. The summed E-state index contributed by atoms with van der Waals surface area (Å²) in [6.07, 6.45) is 0. The summed E-state index contributed by atoms with van der Waals surface area (Å²) in [6, 6.07) is 6.15. The number of carbonyl (C=O) groups is 1. The number of anilines is 1. The molecule has 0 unspecified atom stereocenters. The number of hydrogen-bond donors (Lipinski definition) is 2. The topological polar surface area (TPSA) is 106 Å². The van der Waals surface area contributed by atoms with Gasteiger partial charge < -0.3 is 11.5 Å². The summed E-state index contributed by atoms with van der Waals surface area (Å²) >= 11 is 0. The first-order valence-electron chi connectivity index (χ1n) is 5.88. The zero-order chi connectivity index (χ0) is 14.6. The molecule has 0 radical (unpaired) electrons. The maximum Gasteiger partial charge on any atom is 0.245 e. The highest BCUT2D eigenvalue weighted by Gasteiger charge is 2.28. The number of amides is 1. The third kappa shape index (κ3) is 3.93. The van der Waals surface area contributed by atoms with E-state index >= 15 is 0 Å². The predicted octanol–water partition coefficient (Wildman–Crippen LogP) is 0.401. The fraction of sp³-hybridized carbons (Fsp3) is 0.417. The highest BCUT2D eigenvalue weighted by atomic mass is 32.2. The molecule has 106 valence electrons. The molecule has 0 saturated carbocycles. The maximum atomic E-state index is 12.5. The van der Waals surface area contributed by atoms with E-state index in [4.69, 9.17) is 11.5 Å². The van der Waals surface area contributed by atoms with Gasteiger partial charge in [-0.25, -0.2) is 8.42 Å². The lowest BCUT2D eigenvalue weighted by Crippen LogP contribution is -2.40. The molecule has 0 bridgehead atoms. The van der Waals surface area contributed by atoms with Crippen LogP contribution >= 0.6 is 0 Å². The van der Waals surface area contributed by atoms with Crippen molar-refractivity contribution in [2.24, 2.45) is 11.7 Å². The fourth-order valence-electron chi connectivity index (χ4n) is 1.68. The van der Waals surface area contributed by atoms with Crippen LogP contribution in [0.15, 0.2) is 29.2 Å². The van der Waals surface area contributed by atoms with Crippen molar-refractivity contribution in [3.8, 4) is 0 Å². The van der Waals surface area contributed by atoms with Gasteiger partial charge >= 0.3 is 0 Å². The van der Waals surface area contributed by atoms with Gasteiger partial charge in [0.25, 0.3) is 0 Å². The molecular weight excluding hydrogens is 266 g/mol. The molecule has 1 aromatic rings. The minimum atomic E-state index is -3.81. The Morgan fingerprint density at radius 2 is 1.89 bits per heavy atom. The van der Waals surface area contributed by atoms with Gasteiger partial charge in [0, 0.05) is 6.54 Å². The molecule has 0 saturated heterocycles. The van der Waals surface area contributed by atoms with Crippen LogP contribution in [0.3, 0.4) is 0 Å². The molecule has 0 aromatic heterocycles. The molecule has 1 aromatic carbocycles. The molecular formula is C12H19N3O3S. The van der Waals surface area contributed by atoms with Crippen LogP contribution < -0.4 is 11.5 Å². The Bertz CT molecular complexity index is 555. The van der Waals surface area contributed by atoms with Crippen LogP contribution in [0, 0.1) is 5.92 Å².